The summed E-state index contributed by atoms with van der Waals surface area (Å²) in [6, 6.07) is 14.0. The number of piperazine rings is 1. The third-order valence-corrected chi connectivity index (χ3v) is 5.32. The molecule has 0 bridgehead atoms. The SMILES string of the molecule is COc1ccccc1C1CNCCN1C(=O)c1cnn(-c2ccccc2F)c1C.Cl. The number of nitrogens with one attached hydrogen (secondary N) is 1. The van der Waals surface area contributed by atoms with Crippen LogP contribution in [0.1, 0.15) is 27.7 Å². The number of nitrogens with zero attached hydrogens (tertiary/aromatic N) is 3. The Balaban J connectivity index is 0.00000256. The molecule has 6 nitrogen and oxygen atoms in total. The maximum atomic E-state index is 14.2. The van der Waals surface area contributed by atoms with Crippen molar-refractivity contribution in [1.29, 1.82) is 0 Å². The lowest BCUT2D eigenvalue weighted by Crippen LogP contribution is -2.48. The molecule has 1 atom stereocenters. The van der Waals surface area contributed by atoms with Gasteiger partial charge in [0.1, 0.15) is 17.3 Å². The molecule has 0 spiro atoms. The van der Waals surface area contributed by atoms with Crippen LogP contribution in [0.4, 0.5) is 4.39 Å². The van der Waals surface area contributed by atoms with Gasteiger partial charge in [0.15, 0.2) is 0 Å². The standard InChI is InChI=1S/C22H23FN4O2.ClH/c1-15-17(13-25-27(15)19-9-5-4-8-18(19)23)22(28)26-12-11-24-14-20(26)16-7-3-6-10-21(16)29-2;/h3-10,13,20,24H,11-12,14H2,1-2H3;1H. The molecule has 0 saturated carbocycles. The van der Waals surface area contributed by atoms with Crippen LogP contribution in [-0.2, 0) is 0 Å². The van der Waals surface area contributed by atoms with E-state index in [1.165, 1.54) is 16.9 Å². The number of hydrogen-bond donors (Lipinski definition) is 1. The summed E-state index contributed by atoms with van der Waals surface area (Å²) in [4.78, 5) is 15.3. The smallest absolute Gasteiger partial charge is 0.257 e. The van der Waals surface area contributed by atoms with E-state index in [-0.39, 0.29) is 30.2 Å². The molecule has 1 N–H and O–H groups in total. The van der Waals surface area contributed by atoms with Crippen molar-refractivity contribution in [3.63, 3.8) is 0 Å². The molecule has 1 amide bonds. The molecule has 2 heterocycles. The first-order valence-electron chi connectivity index (χ1n) is 9.56. The predicted octanol–water partition coefficient (Wildman–Crippen LogP) is 3.54. The number of aromatic nitrogens is 2. The second-order valence-electron chi connectivity index (χ2n) is 6.97. The molecule has 1 aliphatic heterocycles. The van der Waals surface area contributed by atoms with Crippen LogP contribution < -0.4 is 10.1 Å². The van der Waals surface area contributed by atoms with Gasteiger partial charge in [-0.1, -0.05) is 30.3 Å². The Morgan fingerprint density at radius 1 is 1.20 bits per heavy atom. The molecule has 1 saturated heterocycles. The van der Waals surface area contributed by atoms with E-state index in [0.717, 1.165) is 11.3 Å². The zero-order valence-electron chi connectivity index (χ0n) is 16.8. The van der Waals surface area contributed by atoms with Gasteiger partial charge >= 0.3 is 0 Å². The molecule has 30 heavy (non-hydrogen) atoms. The van der Waals surface area contributed by atoms with Crippen LogP contribution in [0.15, 0.2) is 54.7 Å². The zero-order valence-corrected chi connectivity index (χ0v) is 17.7. The van der Waals surface area contributed by atoms with Gasteiger partial charge in [-0.15, -0.1) is 12.4 Å². The van der Waals surface area contributed by atoms with E-state index in [1.54, 1.807) is 32.2 Å². The van der Waals surface area contributed by atoms with Gasteiger partial charge in [-0.3, -0.25) is 4.79 Å². The lowest BCUT2D eigenvalue weighted by molar-refractivity contribution is 0.0631. The van der Waals surface area contributed by atoms with Crippen molar-refractivity contribution in [2.24, 2.45) is 0 Å². The van der Waals surface area contributed by atoms with E-state index in [9.17, 15) is 9.18 Å². The average Bonchev–Trinajstić information content (AvgIpc) is 3.14. The van der Waals surface area contributed by atoms with E-state index < -0.39 is 0 Å². The number of hydrogen-bond acceptors (Lipinski definition) is 4. The van der Waals surface area contributed by atoms with Crippen LogP contribution in [0, 0.1) is 12.7 Å². The van der Waals surface area contributed by atoms with Crippen LogP contribution in [0.5, 0.6) is 5.75 Å². The molecular formula is C22H24ClFN4O2. The molecule has 1 aromatic heterocycles. The molecule has 1 aliphatic rings. The molecule has 4 rings (SSSR count). The summed E-state index contributed by atoms with van der Waals surface area (Å²) in [7, 11) is 1.63. The highest BCUT2D eigenvalue weighted by Crippen LogP contribution is 2.31. The molecule has 0 aliphatic carbocycles. The maximum absolute atomic E-state index is 14.2. The van der Waals surface area contributed by atoms with Crippen molar-refractivity contribution in [2.75, 3.05) is 26.7 Å². The average molecular weight is 431 g/mol. The van der Waals surface area contributed by atoms with Crippen LogP contribution in [0.2, 0.25) is 0 Å². The van der Waals surface area contributed by atoms with Crippen molar-refractivity contribution in [3.8, 4) is 11.4 Å². The van der Waals surface area contributed by atoms with Crippen LogP contribution >= 0.6 is 12.4 Å². The largest absolute Gasteiger partial charge is 0.496 e. The Bertz CT molecular complexity index is 1040. The van der Waals surface area contributed by atoms with Gasteiger partial charge < -0.3 is 15.0 Å². The van der Waals surface area contributed by atoms with Crippen molar-refractivity contribution in [3.05, 3.63) is 77.4 Å². The zero-order chi connectivity index (χ0) is 20.4. The summed E-state index contributed by atoms with van der Waals surface area (Å²) in [6.07, 6.45) is 1.52. The predicted molar refractivity (Wildman–Crippen MR) is 115 cm³/mol. The highest BCUT2D eigenvalue weighted by Gasteiger charge is 2.32. The number of benzene rings is 2. The Morgan fingerprint density at radius 3 is 2.70 bits per heavy atom. The van der Waals surface area contributed by atoms with Gasteiger partial charge in [-0.2, -0.15) is 5.10 Å². The second kappa shape index (κ2) is 9.28. The normalized spacial score (nSPS) is 16.1. The molecule has 3 aromatic rings. The van der Waals surface area contributed by atoms with Crippen LogP contribution in [0.3, 0.4) is 0 Å². The fourth-order valence-electron chi connectivity index (χ4n) is 3.81. The van der Waals surface area contributed by atoms with Crippen molar-refractivity contribution < 1.29 is 13.9 Å². The summed E-state index contributed by atoms with van der Waals surface area (Å²) in [5, 5.41) is 7.64. The van der Waals surface area contributed by atoms with Crippen molar-refractivity contribution in [2.45, 2.75) is 13.0 Å². The second-order valence-corrected chi connectivity index (χ2v) is 6.97. The Labute approximate surface area is 181 Å². The Kier molecular flexibility index (Phi) is 6.74. The quantitative estimate of drug-likeness (QED) is 0.687. The maximum Gasteiger partial charge on any atom is 0.257 e. The fraction of sp³-hybridized carbons (Fsp3) is 0.273. The van der Waals surface area contributed by atoms with Crippen LogP contribution in [0.25, 0.3) is 5.69 Å². The highest BCUT2D eigenvalue weighted by molar-refractivity contribution is 5.95. The molecule has 1 unspecified atom stereocenters. The molecule has 2 aromatic carbocycles. The minimum Gasteiger partial charge on any atom is -0.496 e. The van der Waals surface area contributed by atoms with Gasteiger partial charge in [0.05, 0.1) is 30.6 Å². The van der Waals surface area contributed by atoms with E-state index in [0.29, 0.717) is 36.6 Å². The number of carbonyl (C=O) groups excluding carboxylic acids is 1. The third-order valence-electron chi connectivity index (χ3n) is 5.32. The first-order chi connectivity index (χ1) is 14.1. The molecule has 8 heteroatoms. The highest BCUT2D eigenvalue weighted by atomic mass is 35.5. The van der Waals surface area contributed by atoms with Gasteiger partial charge in [0.2, 0.25) is 0 Å². The third kappa shape index (κ3) is 3.91. The topological polar surface area (TPSA) is 59.4 Å². The van der Waals surface area contributed by atoms with E-state index >= 15 is 0 Å². The van der Waals surface area contributed by atoms with E-state index in [4.69, 9.17) is 4.74 Å². The number of halogens is 2. The van der Waals surface area contributed by atoms with Crippen LogP contribution in [-0.4, -0.2) is 47.3 Å². The van der Waals surface area contributed by atoms with Crippen molar-refractivity contribution >= 4 is 18.3 Å². The minimum atomic E-state index is -0.383. The number of para-hydroxylation sites is 2. The Morgan fingerprint density at radius 2 is 1.93 bits per heavy atom. The van der Waals surface area contributed by atoms with E-state index in [1.807, 2.05) is 29.2 Å². The van der Waals surface area contributed by atoms with Gasteiger partial charge in [0, 0.05) is 25.2 Å². The lowest BCUT2D eigenvalue weighted by atomic mass is 10.0. The summed E-state index contributed by atoms with van der Waals surface area (Å²) < 4.78 is 21.2. The van der Waals surface area contributed by atoms with Gasteiger partial charge in [-0.05, 0) is 25.1 Å². The number of ether oxygens (including phenoxy) is 1. The Hall–Kier alpha value is -2.90. The molecule has 1 fully saturated rings. The minimum absolute atomic E-state index is 0. The lowest BCUT2D eigenvalue weighted by Gasteiger charge is -2.37. The number of methoxy groups -OCH3 is 1. The van der Waals surface area contributed by atoms with Gasteiger partial charge in [0.25, 0.3) is 5.91 Å². The monoisotopic (exact) mass is 430 g/mol. The molecule has 0 radical (unpaired) electrons. The summed E-state index contributed by atoms with van der Waals surface area (Å²) in [6.45, 7) is 3.68. The number of rotatable bonds is 4. The first kappa shape index (κ1) is 21.8. The first-order valence-corrected chi connectivity index (χ1v) is 9.56. The van der Waals surface area contributed by atoms with Gasteiger partial charge in [-0.25, -0.2) is 9.07 Å². The number of amides is 1. The van der Waals surface area contributed by atoms with E-state index in [2.05, 4.69) is 10.4 Å². The summed E-state index contributed by atoms with van der Waals surface area (Å²) in [5.74, 6) is 0.243. The molecule has 158 valence electrons. The fourth-order valence-corrected chi connectivity index (χ4v) is 3.81. The molecular weight excluding hydrogens is 407 g/mol. The summed E-state index contributed by atoms with van der Waals surface area (Å²) >= 11 is 0. The van der Waals surface area contributed by atoms with Crippen molar-refractivity contribution in [1.82, 2.24) is 20.0 Å². The summed E-state index contributed by atoms with van der Waals surface area (Å²) in [5.41, 5.74) is 2.35. The number of carbonyl (C=O) groups is 1.